The first-order valence-corrected chi connectivity index (χ1v) is 10.2. The summed E-state index contributed by atoms with van der Waals surface area (Å²) in [6.45, 7) is 2.46. The number of thioether (sulfide) groups is 1. The van der Waals surface area contributed by atoms with E-state index in [1.54, 1.807) is 0 Å². The van der Waals surface area contributed by atoms with Crippen LogP contribution in [0, 0.1) is 0 Å². The Hall–Kier alpha value is -1.05. The Kier molecular flexibility index (Phi) is 8.26. The number of unbranched alkanes of at least 4 members (excludes halogenated alkanes) is 3. The van der Waals surface area contributed by atoms with Gasteiger partial charge in [0.15, 0.2) is 5.79 Å². The van der Waals surface area contributed by atoms with E-state index in [1.807, 2.05) is 0 Å². The van der Waals surface area contributed by atoms with Crippen molar-refractivity contribution in [2.24, 2.45) is 0 Å². The summed E-state index contributed by atoms with van der Waals surface area (Å²) < 4.78 is 11.0. The van der Waals surface area contributed by atoms with Crippen molar-refractivity contribution in [2.45, 2.75) is 76.2 Å². The van der Waals surface area contributed by atoms with Crippen LogP contribution in [-0.4, -0.2) is 46.6 Å². The molecule has 2 heterocycles. The molecule has 142 valence electrons. The van der Waals surface area contributed by atoms with Gasteiger partial charge in [0.25, 0.3) is 5.24 Å². The largest absolute Gasteiger partial charge is 0.462 e. The summed E-state index contributed by atoms with van der Waals surface area (Å²) >= 11 is 1.13. The van der Waals surface area contributed by atoms with E-state index in [0.717, 1.165) is 43.9 Å². The average Bonchev–Trinajstić information content (AvgIpc) is 3.01. The predicted molar refractivity (Wildman–Crippen MR) is 97.3 cm³/mol. The van der Waals surface area contributed by atoms with Gasteiger partial charge in [0.2, 0.25) is 0 Å². The molecule has 2 N–H and O–H groups in total. The minimum atomic E-state index is -1.45. The first-order chi connectivity index (χ1) is 12.0. The van der Waals surface area contributed by atoms with Crippen LogP contribution in [0.1, 0.15) is 58.3 Å². The van der Waals surface area contributed by atoms with Crippen molar-refractivity contribution >= 4 is 23.0 Å². The first kappa shape index (κ1) is 20.3. The van der Waals surface area contributed by atoms with Gasteiger partial charge in [-0.05, 0) is 25.7 Å². The quantitative estimate of drug-likeness (QED) is 0.368. The summed E-state index contributed by atoms with van der Waals surface area (Å²) in [5.41, 5.74) is 0. The van der Waals surface area contributed by atoms with Crippen LogP contribution in [-0.2, 0) is 14.3 Å². The van der Waals surface area contributed by atoms with Gasteiger partial charge in [-0.2, -0.15) is 0 Å². The van der Waals surface area contributed by atoms with Crippen LogP contribution >= 0.6 is 11.8 Å². The molecule has 2 aliphatic heterocycles. The van der Waals surface area contributed by atoms with Gasteiger partial charge in [0.05, 0.1) is 12.6 Å². The maximum absolute atomic E-state index is 12.0. The van der Waals surface area contributed by atoms with E-state index in [0.29, 0.717) is 25.2 Å². The van der Waals surface area contributed by atoms with Gasteiger partial charge in [0.1, 0.15) is 6.10 Å². The molecule has 3 unspecified atom stereocenters. The van der Waals surface area contributed by atoms with Crippen LogP contribution < -0.4 is 5.32 Å². The van der Waals surface area contributed by atoms with Gasteiger partial charge >= 0.3 is 5.97 Å². The number of hydrogen-bond donors (Lipinski definition) is 2. The van der Waals surface area contributed by atoms with Crippen molar-refractivity contribution in [3.05, 3.63) is 12.2 Å². The predicted octanol–water partition coefficient (Wildman–Crippen LogP) is 3.14. The average molecular weight is 371 g/mol. The summed E-state index contributed by atoms with van der Waals surface area (Å²) in [6, 6.07) is -0.457. The van der Waals surface area contributed by atoms with Crippen LogP contribution in [0.4, 0.5) is 4.79 Å². The lowest BCUT2D eigenvalue weighted by Gasteiger charge is -2.39. The topological polar surface area (TPSA) is 84.9 Å². The lowest BCUT2D eigenvalue weighted by atomic mass is 9.96. The third-order valence-electron chi connectivity index (χ3n) is 4.45. The van der Waals surface area contributed by atoms with Crippen LogP contribution in [0.5, 0.6) is 0 Å². The number of ether oxygens (including phenoxy) is 2. The molecule has 0 aromatic rings. The highest BCUT2D eigenvalue weighted by molar-refractivity contribution is 8.14. The number of rotatable bonds is 9. The molecule has 7 heteroatoms. The Balaban J connectivity index is 1.67. The van der Waals surface area contributed by atoms with Crippen molar-refractivity contribution in [1.82, 2.24) is 5.32 Å². The highest BCUT2D eigenvalue weighted by Gasteiger charge is 2.46. The molecule has 2 aliphatic rings. The normalized spacial score (nSPS) is 29.8. The number of amides is 1. The van der Waals surface area contributed by atoms with Crippen molar-refractivity contribution in [3.63, 3.8) is 0 Å². The number of aliphatic hydroxyl groups is 1. The molecule has 0 spiro atoms. The van der Waals surface area contributed by atoms with Gasteiger partial charge in [-0.25, -0.2) is 0 Å². The second-order valence-electron chi connectivity index (χ2n) is 6.60. The molecular formula is C18H29NO5S. The Morgan fingerprint density at radius 3 is 2.96 bits per heavy atom. The summed E-state index contributed by atoms with van der Waals surface area (Å²) in [6.07, 6.45) is 10.2. The Morgan fingerprint density at radius 1 is 1.44 bits per heavy atom. The van der Waals surface area contributed by atoms with Crippen molar-refractivity contribution in [2.75, 3.05) is 12.4 Å². The smallest absolute Gasteiger partial charge is 0.306 e. The van der Waals surface area contributed by atoms with E-state index >= 15 is 0 Å². The Morgan fingerprint density at radius 2 is 2.24 bits per heavy atom. The van der Waals surface area contributed by atoms with Gasteiger partial charge in [-0.1, -0.05) is 37.3 Å². The molecule has 0 bridgehead atoms. The van der Waals surface area contributed by atoms with E-state index in [2.05, 4.69) is 24.4 Å². The lowest BCUT2D eigenvalue weighted by Crippen LogP contribution is -2.56. The summed E-state index contributed by atoms with van der Waals surface area (Å²) in [5, 5.41) is 13.2. The van der Waals surface area contributed by atoms with Gasteiger partial charge in [0, 0.05) is 25.0 Å². The molecule has 2 fully saturated rings. The Bertz CT molecular complexity index is 484. The van der Waals surface area contributed by atoms with Crippen molar-refractivity contribution < 1.29 is 24.2 Å². The van der Waals surface area contributed by atoms with E-state index in [1.165, 1.54) is 0 Å². The number of carbonyl (C=O) groups excluding carboxylic acids is 2. The minimum Gasteiger partial charge on any atom is -0.462 e. The summed E-state index contributed by atoms with van der Waals surface area (Å²) in [5.74, 6) is -1.22. The molecule has 1 amide bonds. The number of allylic oxidation sites excluding steroid dienone is 2. The molecule has 3 atom stereocenters. The fourth-order valence-corrected chi connectivity index (χ4v) is 3.89. The number of esters is 1. The van der Waals surface area contributed by atoms with Crippen molar-refractivity contribution in [1.29, 1.82) is 0 Å². The molecule has 25 heavy (non-hydrogen) atoms. The molecule has 0 saturated carbocycles. The first-order valence-electron chi connectivity index (χ1n) is 9.17. The van der Waals surface area contributed by atoms with Crippen LogP contribution in [0.15, 0.2) is 12.2 Å². The highest BCUT2D eigenvalue weighted by atomic mass is 32.2. The molecule has 0 radical (unpaired) electrons. The third kappa shape index (κ3) is 6.64. The fraction of sp³-hybridized carbons (Fsp3) is 0.778. The number of hydrogen-bond acceptors (Lipinski definition) is 6. The van der Waals surface area contributed by atoms with Crippen molar-refractivity contribution in [3.8, 4) is 0 Å². The molecule has 2 saturated heterocycles. The zero-order chi connectivity index (χ0) is 18.1. The molecule has 2 rings (SSSR count). The maximum Gasteiger partial charge on any atom is 0.306 e. The highest BCUT2D eigenvalue weighted by Crippen LogP contribution is 2.32. The number of carbonyl (C=O) groups is 2. The van der Waals surface area contributed by atoms with Gasteiger partial charge in [-0.3, -0.25) is 9.59 Å². The second-order valence-corrected chi connectivity index (χ2v) is 7.59. The number of nitrogens with one attached hydrogen (secondary N) is 1. The molecule has 6 nitrogen and oxygen atoms in total. The van der Waals surface area contributed by atoms with Gasteiger partial charge in [-0.15, -0.1) is 0 Å². The van der Waals surface area contributed by atoms with E-state index in [-0.39, 0.29) is 23.7 Å². The summed E-state index contributed by atoms with van der Waals surface area (Å²) in [4.78, 5) is 23.3. The monoisotopic (exact) mass is 371 g/mol. The van der Waals surface area contributed by atoms with E-state index in [9.17, 15) is 14.7 Å². The zero-order valence-electron chi connectivity index (χ0n) is 14.9. The molecular weight excluding hydrogens is 342 g/mol. The molecule has 0 aromatic carbocycles. The maximum atomic E-state index is 12.0. The van der Waals surface area contributed by atoms with Crippen LogP contribution in [0.2, 0.25) is 0 Å². The van der Waals surface area contributed by atoms with Crippen LogP contribution in [0.3, 0.4) is 0 Å². The van der Waals surface area contributed by atoms with E-state index < -0.39 is 11.8 Å². The Labute approximate surface area is 153 Å². The molecule has 0 aromatic heterocycles. The van der Waals surface area contributed by atoms with Crippen LogP contribution in [0.25, 0.3) is 0 Å². The standard InChI is InChI=1S/C18H29NO5S/c1-2-3-4-5-6-7-8-9-16(20)24-14-10-11-23-18(22,12-14)15-13-25-17(21)19-15/h4-5,14-15,22H,2-3,6-13H2,1H3,(H,19,21)/b5-4-. The minimum absolute atomic E-state index is 0.158. The lowest BCUT2D eigenvalue weighted by molar-refractivity contribution is -0.257. The van der Waals surface area contributed by atoms with E-state index in [4.69, 9.17) is 9.47 Å². The zero-order valence-corrected chi connectivity index (χ0v) is 15.7. The second kappa shape index (κ2) is 10.2. The van der Waals surface area contributed by atoms with Gasteiger partial charge < -0.3 is 19.9 Å². The third-order valence-corrected chi connectivity index (χ3v) is 5.33. The molecule has 0 aliphatic carbocycles. The SMILES string of the molecule is CCC/C=C\CCCCC(=O)OC1CCOC(O)(C2CSC(=O)N2)C1. The fourth-order valence-electron chi connectivity index (χ4n) is 3.00. The summed E-state index contributed by atoms with van der Waals surface area (Å²) in [7, 11) is 0.